The minimum Gasteiger partial charge on any atom is -0.372 e. The zero-order chi connectivity index (χ0) is 17.7. The van der Waals surface area contributed by atoms with E-state index < -0.39 is 12.8 Å². The third-order valence-corrected chi connectivity index (χ3v) is 4.08. The molecule has 0 bridgehead atoms. The molecule has 1 fully saturated rings. The average Bonchev–Trinajstić information content (AvgIpc) is 3.00. The van der Waals surface area contributed by atoms with Gasteiger partial charge in [-0.05, 0) is 12.8 Å². The van der Waals surface area contributed by atoms with Gasteiger partial charge in [-0.1, -0.05) is 13.8 Å². The van der Waals surface area contributed by atoms with E-state index in [9.17, 15) is 18.0 Å². The number of carbonyl (C=O) groups excluding carboxylic acids is 1. The predicted octanol–water partition coefficient (Wildman–Crippen LogP) is 3.14. The SMILES string of the molecule is CC(C)c1nccn1C1CCCN(C(=O)CCOCC(F)(F)F)C1. The Labute approximate surface area is 139 Å². The van der Waals surface area contributed by atoms with Crippen molar-refractivity contribution in [3.63, 3.8) is 0 Å². The van der Waals surface area contributed by atoms with Crippen LogP contribution >= 0.6 is 0 Å². The third kappa shape index (κ3) is 5.22. The normalized spacial score (nSPS) is 19.1. The minimum absolute atomic E-state index is 0.0240. The molecule has 0 radical (unpaired) electrons. The van der Waals surface area contributed by atoms with Crippen molar-refractivity contribution in [1.82, 2.24) is 14.5 Å². The fraction of sp³-hybridized carbons (Fsp3) is 0.750. The third-order valence-electron chi connectivity index (χ3n) is 4.08. The van der Waals surface area contributed by atoms with Crippen LogP contribution in [0.4, 0.5) is 13.2 Å². The molecular formula is C16H24F3N3O2. The van der Waals surface area contributed by atoms with Gasteiger partial charge in [0.05, 0.1) is 19.1 Å². The van der Waals surface area contributed by atoms with Gasteiger partial charge in [-0.3, -0.25) is 4.79 Å². The molecular weight excluding hydrogens is 323 g/mol. The van der Waals surface area contributed by atoms with Crippen molar-refractivity contribution in [3.05, 3.63) is 18.2 Å². The zero-order valence-electron chi connectivity index (χ0n) is 14.1. The van der Waals surface area contributed by atoms with Gasteiger partial charge in [-0.2, -0.15) is 13.2 Å². The molecule has 0 N–H and O–H groups in total. The number of amides is 1. The molecule has 1 aliphatic rings. The van der Waals surface area contributed by atoms with Crippen LogP contribution in [0.15, 0.2) is 12.4 Å². The lowest BCUT2D eigenvalue weighted by Gasteiger charge is -2.34. The van der Waals surface area contributed by atoms with E-state index in [1.54, 1.807) is 11.1 Å². The Kier molecular flexibility index (Phi) is 6.26. The van der Waals surface area contributed by atoms with E-state index in [2.05, 4.69) is 28.1 Å². The number of piperidine rings is 1. The second-order valence-corrected chi connectivity index (χ2v) is 6.40. The van der Waals surface area contributed by atoms with Crippen LogP contribution in [0.2, 0.25) is 0 Å². The Morgan fingerprint density at radius 3 is 2.88 bits per heavy atom. The van der Waals surface area contributed by atoms with E-state index in [0.717, 1.165) is 18.7 Å². The number of carbonyl (C=O) groups is 1. The number of rotatable bonds is 6. The maximum absolute atomic E-state index is 12.2. The van der Waals surface area contributed by atoms with Crippen LogP contribution in [0.5, 0.6) is 0 Å². The summed E-state index contributed by atoms with van der Waals surface area (Å²) in [5.41, 5.74) is 0. The number of hydrogen-bond acceptors (Lipinski definition) is 3. The Hall–Kier alpha value is -1.57. The summed E-state index contributed by atoms with van der Waals surface area (Å²) in [6.07, 6.45) is 1.15. The highest BCUT2D eigenvalue weighted by Gasteiger charge is 2.28. The monoisotopic (exact) mass is 347 g/mol. The molecule has 0 aliphatic carbocycles. The van der Waals surface area contributed by atoms with Crippen molar-refractivity contribution in [3.8, 4) is 0 Å². The lowest BCUT2D eigenvalue weighted by molar-refractivity contribution is -0.175. The number of aromatic nitrogens is 2. The number of imidazole rings is 1. The summed E-state index contributed by atoms with van der Waals surface area (Å²) in [4.78, 5) is 18.3. The topological polar surface area (TPSA) is 47.4 Å². The summed E-state index contributed by atoms with van der Waals surface area (Å²) >= 11 is 0. The van der Waals surface area contributed by atoms with Crippen LogP contribution in [0.1, 0.15) is 50.9 Å². The Morgan fingerprint density at radius 1 is 1.46 bits per heavy atom. The first-order chi connectivity index (χ1) is 11.3. The maximum atomic E-state index is 12.2. The molecule has 1 atom stereocenters. The number of ether oxygens (including phenoxy) is 1. The van der Waals surface area contributed by atoms with E-state index in [-0.39, 0.29) is 25.0 Å². The summed E-state index contributed by atoms with van der Waals surface area (Å²) < 4.78 is 42.7. The van der Waals surface area contributed by atoms with E-state index >= 15 is 0 Å². The first-order valence-electron chi connectivity index (χ1n) is 8.23. The van der Waals surface area contributed by atoms with Gasteiger partial charge in [0.2, 0.25) is 5.91 Å². The van der Waals surface area contributed by atoms with Crippen LogP contribution in [0, 0.1) is 0 Å². The first kappa shape index (κ1) is 18.8. The van der Waals surface area contributed by atoms with Gasteiger partial charge < -0.3 is 14.2 Å². The predicted molar refractivity (Wildman–Crippen MR) is 82.7 cm³/mol. The zero-order valence-corrected chi connectivity index (χ0v) is 14.1. The standard InChI is InChI=1S/C16H24F3N3O2/c1-12(2)15-20-6-8-22(15)13-4-3-7-21(10-13)14(23)5-9-24-11-16(17,18)19/h6,8,12-13H,3-5,7,9-11H2,1-2H3. The maximum Gasteiger partial charge on any atom is 0.411 e. The first-order valence-corrected chi connectivity index (χ1v) is 8.23. The number of halogens is 3. The molecule has 136 valence electrons. The smallest absolute Gasteiger partial charge is 0.372 e. The fourth-order valence-corrected chi connectivity index (χ4v) is 2.99. The van der Waals surface area contributed by atoms with Crippen LogP contribution in [-0.4, -0.2) is 52.8 Å². The molecule has 1 aromatic heterocycles. The molecule has 0 saturated carbocycles. The van der Waals surface area contributed by atoms with E-state index in [4.69, 9.17) is 0 Å². The molecule has 1 saturated heterocycles. The van der Waals surface area contributed by atoms with Crippen molar-refractivity contribution in [2.75, 3.05) is 26.3 Å². The summed E-state index contributed by atoms with van der Waals surface area (Å²) in [6, 6.07) is 0.165. The number of nitrogens with zero attached hydrogens (tertiary/aromatic N) is 3. The van der Waals surface area contributed by atoms with Gasteiger partial charge in [0.15, 0.2) is 0 Å². The van der Waals surface area contributed by atoms with Crippen LogP contribution in [-0.2, 0) is 9.53 Å². The van der Waals surface area contributed by atoms with E-state index in [0.29, 0.717) is 19.0 Å². The molecule has 2 rings (SSSR count). The second kappa shape index (κ2) is 8.00. The van der Waals surface area contributed by atoms with Crippen molar-refractivity contribution in [2.24, 2.45) is 0 Å². The Morgan fingerprint density at radius 2 is 2.21 bits per heavy atom. The summed E-state index contributed by atoms with van der Waals surface area (Å²) in [6.45, 7) is 3.83. The van der Waals surface area contributed by atoms with Gasteiger partial charge >= 0.3 is 6.18 Å². The summed E-state index contributed by atoms with van der Waals surface area (Å²) in [7, 11) is 0. The number of hydrogen-bond donors (Lipinski definition) is 0. The summed E-state index contributed by atoms with van der Waals surface area (Å²) in [5, 5.41) is 0. The minimum atomic E-state index is -4.35. The van der Waals surface area contributed by atoms with Crippen molar-refractivity contribution in [2.45, 2.75) is 51.2 Å². The van der Waals surface area contributed by atoms with Gasteiger partial charge in [-0.25, -0.2) is 4.98 Å². The lowest BCUT2D eigenvalue weighted by atomic mass is 10.0. The molecule has 8 heteroatoms. The average molecular weight is 347 g/mol. The largest absolute Gasteiger partial charge is 0.411 e. The molecule has 24 heavy (non-hydrogen) atoms. The molecule has 1 amide bonds. The molecule has 0 aromatic carbocycles. The molecule has 1 aliphatic heterocycles. The van der Waals surface area contributed by atoms with Crippen LogP contribution in [0.25, 0.3) is 0 Å². The highest BCUT2D eigenvalue weighted by atomic mass is 19.4. The van der Waals surface area contributed by atoms with Gasteiger partial charge in [0.1, 0.15) is 12.4 Å². The number of alkyl halides is 3. The van der Waals surface area contributed by atoms with Crippen LogP contribution < -0.4 is 0 Å². The number of likely N-dealkylation sites (tertiary alicyclic amines) is 1. The van der Waals surface area contributed by atoms with Crippen LogP contribution in [0.3, 0.4) is 0 Å². The van der Waals surface area contributed by atoms with E-state index in [1.165, 1.54) is 0 Å². The summed E-state index contributed by atoms with van der Waals surface area (Å²) in [5.74, 6) is 1.12. The van der Waals surface area contributed by atoms with Gasteiger partial charge in [0.25, 0.3) is 0 Å². The molecule has 1 unspecified atom stereocenters. The fourth-order valence-electron chi connectivity index (χ4n) is 2.99. The highest BCUT2D eigenvalue weighted by molar-refractivity contribution is 5.76. The van der Waals surface area contributed by atoms with Gasteiger partial charge in [0, 0.05) is 31.4 Å². The highest BCUT2D eigenvalue weighted by Crippen LogP contribution is 2.26. The molecule has 0 spiro atoms. The quantitative estimate of drug-likeness (QED) is 0.743. The van der Waals surface area contributed by atoms with E-state index in [1.807, 2.05) is 6.20 Å². The van der Waals surface area contributed by atoms with Crippen molar-refractivity contribution < 1.29 is 22.7 Å². The van der Waals surface area contributed by atoms with Crippen molar-refractivity contribution in [1.29, 1.82) is 0 Å². The van der Waals surface area contributed by atoms with Crippen molar-refractivity contribution >= 4 is 5.91 Å². The molecule has 1 aromatic rings. The van der Waals surface area contributed by atoms with Gasteiger partial charge in [-0.15, -0.1) is 0 Å². The molecule has 5 nitrogen and oxygen atoms in total. The Bertz CT molecular complexity index is 543. The lowest BCUT2D eigenvalue weighted by Crippen LogP contribution is -2.41. The molecule has 2 heterocycles. The second-order valence-electron chi connectivity index (χ2n) is 6.40. The Balaban J connectivity index is 1.86.